The molecule has 0 bridgehead atoms. The van der Waals surface area contributed by atoms with Gasteiger partial charge in [0, 0.05) is 12.1 Å². The number of benzene rings is 2. The van der Waals surface area contributed by atoms with Crippen LogP contribution in [0.25, 0.3) is 11.0 Å². The number of nitrogens with two attached hydrogens (primary N) is 1. The van der Waals surface area contributed by atoms with E-state index in [2.05, 4.69) is 0 Å². The van der Waals surface area contributed by atoms with Crippen molar-refractivity contribution in [2.24, 2.45) is 5.73 Å². The number of fused-ring (bicyclic) bond motifs is 1. The third-order valence-electron chi connectivity index (χ3n) is 2.93. The van der Waals surface area contributed by atoms with Gasteiger partial charge in [0.2, 0.25) is 0 Å². The molecule has 0 saturated heterocycles. The predicted octanol–water partition coefficient (Wildman–Crippen LogP) is 3.47. The Hall–Kier alpha value is -2.30. The fourth-order valence-corrected chi connectivity index (χ4v) is 1.97. The fraction of sp³-hybridized carbons (Fsp3) is 0.0625. The molecule has 2 aromatic carbocycles. The Bertz CT molecular complexity index is 799. The van der Waals surface area contributed by atoms with E-state index < -0.39 is 0 Å². The minimum absolute atomic E-state index is 0. The zero-order valence-corrected chi connectivity index (χ0v) is 11.9. The van der Waals surface area contributed by atoms with Gasteiger partial charge in [-0.15, -0.1) is 12.4 Å². The third-order valence-corrected chi connectivity index (χ3v) is 2.93. The van der Waals surface area contributed by atoms with E-state index in [9.17, 15) is 4.79 Å². The molecule has 0 radical (unpaired) electrons. The molecule has 0 unspecified atom stereocenters. The maximum atomic E-state index is 11.9. The second kappa shape index (κ2) is 6.43. The summed E-state index contributed by atoms with van der Waals surface area (Å²) < 4.78 is 11.3. The summed E-state index contributed by atoms with van der Waals surface area (Å²) in [7, 11) is 0. The average molecular weight is 304 g/mol. The van der Waals surface area contributed by atoms with Crippen molar-refractivity contribution < 1.29 is 9.15 Å². The molecule has 5 heteroatoms. The second-order valence-electron chi connectivity index (χ2n) is 4.35. The van der Waals surface area contributed by atoms with Gasteiger partial charge in [-0.05, 0) is 24.3 Å². The lowest BCUT2D eigenvalue weighted by Crippen LogP contribution is -2.05. The zero-order valence-electron chi connectivity index (χ0n) is 11.1. The lowest BCUT2D eigenvalue weighted by Gasteiger charge is -2.06. The first-order chi connectivity index (χ1) is 9.76. The topological polar surface area (TPSA) is 65.5 Å². The van der Waals surface area contributed by atoms with Crippen LogP contribution >= 0.6 is 12.4 Å². The van der Waals surface area contributed by atoms with E-state index in [0.29, 0.717) is 22.5 Å². The minimum atomic E-state index is -0.0991. The van der Waals surface area contributed by atoms with Crippen molar-refractivity contribution in [3.8, 4) is 11.5 Å². The average Bonchev–Trinajstić information content (AvgIpc) is 2.48. The molecule has 0 fully saturated rings. The maximum Gasteiger partial charge on any atom is 0.193 e. The van der Waals surface area contributed by atoms with Crippen molar-refractivity contribution >= 4 is 23.4 Å². The highest BCUT2D eigenvalue weighted by molar-refractivity contribution is 5.85. The molecule has 3 aromatic rings. The lowest BCUT2D eigenvalue weighted by atomic mass is 10.2. The molecule has 21 heavy (non-hydrogen) atoms. The van der Waals surface area contributed by atoms with Gasteiger partial charge in [0.05, 0.1) is 11.9 Å². The molecule has 1 heterocycles. The quantitative estimate of drug-likeness (QED) is 0.804. The van der Waals surface area contributed by atoms with E-state index in [1.165, 1.54) is 6.07 Å². The summed E-state index contributed by atoms with van der Waals surface area (Å²) >= 11 is 0. The standard InChI is InChI=1S/C16H13NO3.ClH/c17-10-13-8-15(18)14-7-6-12(9-16(14)20-13)19-11-4-2-1-3-5-11;/h1-9H,10,17H2;1H. The summed E-state index contributed by atoms with van der Waals surface area (Å²) in [5.41, 5.74) is 5.89. The van der Waals surface area contributed by atoms with Gasteiger partial charge in [0.15, 0.2) is 5.43 Å². The van der Waals surface area contributed by atoms with E-state index >= 15 is 0 Å². The van der Waals surface area contributed by atoms with Crippen molar-refractivity contribution in [2.75, 3.05) is 0 Å². The zero-order chi connectivity index (χ0) is 13.9. The van der Waals surface area contributed by atoms with Crippen LogP contribution in [0.2, 0.25) is 0 Å². The number of hydrogen-bond donors (Lipinski definition) is 1. The van der Waals surface area contributed by atoms with Gasteiger partial charge in [-0.1, -0.05) is 18.2 Å². The number of para-hydroxylation sites is 1. The molecule has 0 amide bonds. The molecule has 0 spiro atoms. The third kappa shape index (κ3) is 3.24. The van der Waals surface area contributed by atoms with E-state index in [1.54, 1.807) is 18.2 Å². The van der Waals surface area contributed by atoms with Gasteiger partial charge < -0.3 is 14.9 Å². The molecule has 108 valence electrons. The number of ether oxygens (including phenoxy) is 1. The van der Waals surface area contributed by atoms with Crippen molar-refractivity contribution in [1.82, 2.24) is 0 Å². The molecule has 4 nitrogen and oxygen atoms in total. The molecule has 3 rings (SSSR count). The van der Waals surface area contributed by atoms with Gasteiger partial charge in [0.25, 0.3) is 0 Å². The van der Waals surface area contributed by atoms with E-state index in [4.69, 9.17) is 14.9 Å². The second-order valence-corrected chi connectivity index (χ2v) is 4.35. The molecule has 0 aliphatic rings. The van der Waals surface area contributed by atoms with Gasteiger partial charge in [-0.2, -0.15) is 0 Å². The first-order valence-corrected chi connectivity index (χ1v) is 6.26. The summed E-state index contributed by atoms with van der Waals surface area (Å²) in [6.07, 6.45) is 0. The van der Waals surface area contributed by atoms with Crippen LogP contribution in [0, 0.1) is 0 Å². The van der Waals surface area contributed by atoms with Crippen LogP contribution in [0.3, 0.4) is 0 Å². The first-order valence-electron chi connectivity index (χ1n) is 6.26. The van der Waals surface area contributed by atoms with Gasteiger partial charge in [-0.3, -0.25) is 4.79 Å². The summed E-state index contributed by atoms with van der Waals surface area (Å²) in [5.74, 6) is 1.80. The SMILES string of the molecule is Cl.NCc1cc(=O)c2ccc(Oc3ccccc3)cc2o1. The molecular formula is C16H14ClNO3. The summed E-state index contributed by atoms with van der Waals surface area (Å²) in [5, 5.41) is 0.516. The minimum Gasteiger partial charge on any atom is -0.459 e. The fourth-order valence-electron chi connectivity index (χ4n) is 1.97. The van der Waals surface area contributed by atoms with Gasteiger partial charge in [0.1, 0.15) is 22.8 Å². The highest BCUT2D eigenvalue weighted by atomic mass is 35.5. The van der Waals surface area contributed by atoms with Crippen molar-refractivity contribution in [1.29, 1.82) is 0 Å². The Morgan fingerprint density at radius 2 is 1.76 bits per heavy atom. The lowest BCUT2D eigenvalue weighted by molar-refractivity contribution is 0.479. The van der Waals surface area contributed by atoms with Crippen LogP contribution < -0.4 is 15.9 Å². The monoisotopic (exact) mass is 303 g/mol. The van der Waals surface area contributed by atoms with Gasteiger partial charge in [-0.25, -0.2) is 0 Å². The van der Waals surface area contributed by atoms with E-state index in [1.807, 2.05) is 30.3 Å². The molecule has 0 aliphatic carbocycles. The highest BCUT2D eigenvalue weighted by Crippen LogP contribution is 2.24. The van der Waals surface area contributed by atoms with Crippen LogP contribution in [0.5, 0.6) is 11.5 Å². The normalized spacial score (nSPS) is 10.1. The molecule has 0 atom stereocenters. The molecular weight excluding hydrogens is 290 g/mol. The maximum absolute atomic E-state index is 11.9. The van der Waals surface area contributed by atoms with Crippen molar-refractivity contribution in [3.05, 3.63) is 70.6 Å². The molecule has 2 N–H and O–H groups in total. The van der Waals surface area contributed by atoms with Crippen LogP contribution in [0.15, 0.2) is 63.8 Å². The molecule has 1 aromatic heterocycles. The number of rotatable bonds is 3. The highest BCUT2D eigenvalue weighted by Gasteiger charge is 2.06. The summed E-state index contributed by atoms with van der Waals surface area (Å²) in [6.45, 7) is 0.189. The predicted molar refractivity (Wildman–Crippen MR) is 84.1 cm³/mol. The molecule has 0 aliphatic heterocycles. The summed E-state index contributed by atoms with van der Waals surface area (Å²) in [4.78, 5) is 11.9. The Morgan fingerprint density at radius 1 is 1.00 bits per heavy atom. The Morgan fingerprint density at radius 3 is 2.48 bits per heavy atom. The van der Waals surface area contributed by atoms with Gasteiger partial charge >= 0.3 is 0 Å². The Kier molecular flexibility index (Phi) is 4.62. The number of hydrogen-bond acceptors (Lipinski definition) is 4. The van der Waals surface area contributed by atoms with Crippen molar-refractivity contribution in [3.63, 3.8) is 0 Å². The van der Waals surface area contributed by atoms with Crippen molar-refractivity contribution in [2.45, 2.75) is 6.54 Å². The van der Waals surface area contributed by atoms with E-state index in [0.717, 1.165) is 5.75 Å². The molecule has 0 saturated carbocycles. The van der Waals surface area contributed by atoms with E-state index in [-0.39, 0.29) is 24.4 Å². The van der Waals surface area contributed by atoms with Crippen LogP contribution in [0.1, 0.15) is 5.76 Å². The summed E-state index contributed by atoms with van der Waals surface area (Å²) in [6, 6.07) is 16.0. The largest absolute Gasteiger partial charge is 0.459 e. The van der Waals surface area contributed by atoms with Crippen LogP contribution in [-0.4, -0.2) is 0 Å². The Balaban J connectivity index is 0.00000161. The van der Waals surface area contributed by atoms with Crippen LogP contribution in [-0.2, 0) is 6.54 Å². The number of halogens is 1. The first kappa shape index (κ1) is 15.1. The smallest absolute Gasteiger partial charge is 0.193 e. The van der Waals surface area contributed by atoms with Crippen LogP contribution in [0.4, 0.5) is 0 Å². The Labute approximate surface area is 127 Å².